The van der Waals surface area contributed by atoms with E-state index in [0.717, 1.165) is 35.7 Å². The molecule has 168 valence electrons. The van der Waals surface area contributed by atoms with Crippen LogP contribution in [0.5, 0.6) is 5.75 Å². The van der Waals surface area contributed by atoms with Crippen LogP contribution in [0.4, 0.5) is 0 Å². The maximum atomic E-state index is 12.6. The Morgan fingerprint density at radius 2 is 1.66 bits per heavy atom. The Bertz CT molecular complexity index is 1080. The number of benzene rings is 3. The van der Waals surface area contributed by atoms with Crippen LogP contribution < -0.4 is 15.4 Å². The lowest BCUT2D eigenvalue weighted by molar-refractivity contribution is 0.317. The Labute approximate surface area is 194 Å². The summed E-state index contributed by atoms with van der Waals surface area (Å²) in [7, 11) is -3.40. The van der Waals surface area contributed by atoms with Crippen molar-refractivity contribution in [1.82, 2.24) is 10.6 Å². The second-order valence-electron chi connectivity index (χ2n) is 7.73. The molecule has 1 atom stereocenters. The molecule has 0 amide bonds. The first-order valence-electron chi connectivity index (χ1n) is 10.7. The Kier molecular flexibility index (Phi) is 7.86. The van der Waals surface area contributed by atoms with Crippen molar-refractivity contribution in [2.45, 2.75) is 16.6 Å². The van der Waals surface area contributed by atoms with Crippen LogP contribution in [-0.2, 0) is 16.3 Å². The number of hydrogen-bond donors (Lipinski definition) is 2. The number of sulfone groups is 1. The number of hydrogen-bond acceptors (Lipinski definition) is 6. The molecule has 32 heavy (non-hydrogen) atoms. The summed E-state index contributed by atoms with van der Waals surface area (Å²) >= 11 is 1.96. The van der Waals surface area contributed by atoms with E-state index in [2.05, 4.69) is 22.8 Å². The maximum absolute atomic E-state index is 12.6. The lowest BCUT2D eigenvalue weighted by Crippen LogP contribution is -2.27. The predicted octanol–water partition coefficient (Wildman–Crippen LogP) is 3.96. The van der Waals surface area contributed by atoms with Gasteiger partial charge in [-0.2, -0.15) is 0 Å². The van der Waals surface area contributed by atoms with Crippen molar-refractivity contribution >= 4 is 21.6 Å². The highest BCUT2D eigenvalue weighted by atomic mass is 32.2. The predicted molar refractivity (Wildman–Crippen MR) is 132 cm³/mol. The van der Waals surface area contributed by atoms with E-state index >= 15 is 0 Å². The van der Waals surface area contributed by atoms with E-state index in [1.807, 2.05) is 66.4 Å². The number of ether oxygens (including phenoxy) is 1. The fourth-order valence-corrected chi connectivity index (χ4v) is 5.74. The first-order chi connectivity index (χ1) is 15.6. The topological polar surface area (TPSA) is 67.4 Å². The second-order valence-corrected chi connectivity index (χ2v) is 11.0. The molecule has 3 aromatic rings. The normalized spacial score (nSPS) is 16.2. The van der Waals surface area contributed by atoms with E-state index in [9.17, 15) is 8.42 Å². The van der Waals surface area contributed by atoms with Gasteiger partial charge in [-0.25, -0.2) is 8.42 Å². The molecule has 0 bridgehead atoms. The summed E-state index contributed by atoms with van der Waals surface area (Å²) in [4.78, 5) is 0.316. The van der Waals surface area contributed by atoms with Gasteiger partial charge in [-0.05, 0) is 47.4 Å². The third-order valence-corrected chi connectivity index (χ3v) is 8.09. The van der Waals surface area contributed by atoms with Crippen LogP contribution in [0.15, 0.2) is 83.8 Å². The average molecular weight is 469 g/mol. The third kappa shape index (κ3) is 6.36. The first-order valence-corrected chi connectivity index (χ1v) is 13.4. The minimum absolute atomic E-state index is 0.118. The molecular weight excluding hydrogens is 440 g/mol. The zero-order chi connectivity index (χ0) is 22.2. The van der Waals surface area contributed by atoms with Crippen molar-refractivity contribution < 1.29 is 13.2 Å². The van der Waals surface area contributed by atoms with Gasteiger partial charge < -0.3 is 10.1 Å². The van der Waals surface area contributed by atoms with Crippen molar-refractivity contribution in [2.75, 3.05) is 31.4 Å². The van der Waals surface area contributed by atoms with E-state index < -0.39 is 9.84 Å². The van der Waals surface area contributed by atoms with Gasteiger partial charge in [0.05, 0.1) is 4.90 Å². The van der Waals surface area contributed by atoms with Gasteiger partial charge in [0.1, 0.15) is 18.2 Å². The molecule has 1 heterocycles. The van der Waals surface area contributed by atoms with Crippen LogP contribution in [0.2, 0.25) is 0 Å². The summed E-state index contributed by atoms with van der Waals surface area (Å²) in [6, 6.07) is 25.1. The van der Waals surface area contributed by atoms with Crippen LogP contribution in [-0.4, -0.2) is 45.1 Å². The molecule has 1 saturated heterocycles. The molecule has 0 spiro atoms. The molecule has 4 rings (SSSR count). The van der Waals surface area contributed by atoms with Crippen LogP contribution in [0.1, 0.15) is 5.56 Å². The molecular formula is C25H28N2O3S2. The monoisotopic (exact) mass is 468 g/mol. The molecule has 3 aromatic carbocycles. The van der Waals surface area contributed by atoms with Crippen molar-refractivity contribution in [3.05, 3.63) is 84.4 Å². The highest BCUT2D eigenvalue weighted by molar-refractivity contribution is 8.00. The zero-order valence-corrected chi connectivity index (χ0v) is 19.5. The minimum atomic E-state index is -3.40. The SMILES string of the molecule is O=S(=O)(CNCCOc1ccc(CC2CNCS2)cc1)c1ccc(-c2ccccc2)cc1. The van der Waals surface area contributed by atoms with Gasteiger partial charge in [0.25, 0.3) is 0 Å². The maximum Gasteiger partial charge on any atom is 0.191 e. The van der Waals surface area contributed by atoms with Crippen molar-refractivity contribution in [3.8, 4) is 16.9 Å². The lowest BCUT2D eigenvalue weighted by atomic mass is 10.1. The van der Waals surface area contributed by atoms with E-state index in [0.29, 0.717) is 23.3 Å². The van der Waals surface area contributed by atoms with E-state index in [1.165, 1.54) is 5.56 Å². The standard InChI is InChI=1S/C25H28N2O3S2/c28-32(29,25-12-8-22(9-13-25)21-4-2-1-3-5-21)19-26-14-15-30-23-10-6-20(7-11-23)16-24-17-27-18-31-24/h1-13,24,26-27H,14-19H2. The van der Waals surface area contributed by atoms with Gasteiger partial charge in [-0.1, -0.05) is 54.6 Å². The van der Waals surface area contributed by atoms with Gasteiger partial charge in [0, 0.05) is 24.2 Å². The smallest absolute Gasteiger partial charge is 0.191 e. The second kappa shape index (κ2) is 11.0. The number of rotatable bonds is 10. The Balaban J connectivity index is 1.20. The molecule has 1 aliphatic heterocycles. The Hall–Kier alpha value is -2.32. The summed E-state index contributed by atoms with van der Waals surface area (Å²) in [6.45, 7) is 1.92. The molecule has 0 aromatic heterocycles. The highest BCUT2D eigenvalue weighted by Gasteiger charge is 2.15. The van der Waals surface area contributed by atoms with Crippen LogP contribution >= 0.6 is 11.8 Å². The average Bonchev–Trinajstić information content (AvgIpc) is 3.34. The van der Waals surface area contributed by atoms with Gasteiger partial charge in [0.15, 0.2) is 9.84 Å². The first kappa shape index (κ1) is 22.9. The quantitative estimate of drug-likeness (QED) is 0.439. The Morgan fingerprint density at radius 1 is 0.938 bits per heavy atom. The highest BCUT2D eigenvalue weighted by Crippen LogP contribution is 2.22. The summed E-state index contributed by atoms with van der Waals surface area (Å²) in [5, 5.41) is 6.98. The summed E-state index contributed by atoms with van der Waals surface area (Å²) < 4.78 is 30.9. The van der Waals surface area contributed by atoms with E-state index in [1.54, 1.807) is 12.1 Å². The zero-order valence-electron chi connectivity index (χ0n) is 17.9. The summed E-state index contributed by atoms with van der Waals surface area (Å²) in [5.41, 5.74) is 3.37. The molecule has 2 N–H and O–H groups in total. The van der Waals surface area contributed by atoms with E-state index in [4.69, 9.17) is 4.74 Å². The van der Waals surface area contributed by atoms with Crippen LogP contribution in [0, 0.1) is 0 Å². The van der Waals surface area contributed by atoms with Gasteiger partial charge in [-0.15, -0.1) is 11.8 Å². The van der Waals surface area contributed by atoms with Gasteiger partial charge in [0.2, 0.25) is 0 Å². The van der Waals surface area contributed by atoms with Crippen molar-refractivity contribution in [1.29, 1.82) is 0 Å². The van der Waals surface area contributed by atoms with Gasteiger partial charge in [-0.3, -0.25) is 5.32 Å². The largest absolute Gasteiger partial charge is 0.492 e. The minimum Gasteiger partial charge on any atom is -0.492 e. The fraction of sp³-hybridized carbons (Fsp3) is 0.280. The fourth-order valence-electron chi connectivity index (χ4n) is 3.59. The molecule has 7 heteroatoms. The summed E-state index contributed by atoms with van der Waals surface area (Å²) in [6.07, 6.45) is 1.06. The third-order valence-electron chi connectivity index (χ3n) is 5.34. The molecule has 0 radical (unpaired) electrons. The molecule has 1 unspecified atom stereocenters. The molecule has 1 fully saturated rings. The molecule has 0 saturated carbocycles. The summed E-state index contributed by atoms with van der Waals surface area (Å²) in [5.74, 6) is 1.72. The van der Waals surface area contributed by atoms with Crippen molar-refractivity contribution in [2.24, 2.45) is 0 Å². The van der Waals surface area contributed by atoms with Crippen LogP contribution in [0.3, 0.4) is 0 Å². The number of thioether (sulfide) groups is 1. The van der Waals surface area contributed by atoms with E-state index in [-0.39, 0.29) is 5.88 Å². The Morgan fingerprint density at radius 3 is 2.34 bits per heavy atom. The van der Waals surface area contributed by atoms with Gasteiger partial charge >= 0.3 is 0 Å². The number of nitrogens with one attached hydrogen (secondary N) is 2. The molecule has 0 aliphatic carbocycles. The van der Waals surface area contributed by atoms with Crippen molar-refractivity contribution in [3.63, 3.8) is 0 Å². The molecule has 5 nitrogen and oxygen atoms in total. The van der Waals surface area contributed by atoms with Crippen LogP contribution in [0.25, 0.3) is 11.1 Å². The lowest BCUT2D eigenvalue weighted by Gasteiger charge is -2.11. The molecule has 1 aliphatic rings.